The number of rotatable bonds is 7. The van der Waals surface area contributed by atoms with Crippen LogP contribution in [0.3, 0.4) is 0 Å². The van der Waals surface area contributed by atoms with E-state index in [0.717, 1.165) is 11.1 Å². The van der Waals surface area contributed by atoms with E-state index in [0.29, 0.717) is 28.1 Å². The van der Waals surface area contributed by atoms with Crippen LogP contribution in [-0.4, -0.2) is 30.4 Å². The molecule has 0 radical (unpaired) electrons. The van der Waals surface area contributed by atoms with Crippen molar-refractivity contribution in [2.45, 2.75) is 6.04 Å². The summed E-state index contributed by atoms with van der Waals surface area (Å²) in [6, 6.07) is 20.3. The van der Waals surface area contributed by atoms with Gasteiger partial charge in [-0.3, -0.25) is 0 Å². The van der Waals surface area contributed by atoms with E-state index >= 15 is 0 Å². The van der Waals surface area contributed by atoms with Crippen molar-refractivity contribution in [3.63, 3.8) is 0 Å². The number of nitrogens with zero attached hydrogens (tertiary/aromatic N) is 2. The number of urea groups is 1. The lowest BCUT2D eigenvalue weighted by Gasteiger charge is -2.17. The van der Waals surface area contributed by atoms with Gasteiger partial charge in [-0.1, -0.05) is 41.9 Å². The van der Waals surface area contributed by atoms with Crippen molar-refractivity contribution in [2.75, 3.05) is 19.5 Å². The molecule has 0 bridgehead atoms. The molecule has 0 aliphatic rings. The first-order chi connectivity index (χ1) is 16.1. The van der Waals surface area contributed by atoms with Gasteiger partial charge in [-0.25, -0.2) is 4.79 Å². The molecule has 2 amide bonds. The second-order valence-electron chi connectivity index (χ2n) is 7.00. The minimum atomic E-state index is -0.674. The molecule has 0 aliphatic carbocycles. The summed E-state index contributed by atoms with van der Waals surface area (Å²) >= 11 is 5.96. The van der Waals surface area contributed by atoms with Crippen molar-refractivity contribution in [3.8, 4) is 23.0 Å². The van der Waals surface area contributed by atoms with Crippen LogP contribution >= 0.6 is 11.6 Å². The molecule has 4 aromatic rings. The van der Waals surface area contributed by atoms with Crippen LogP contribution in [0.1, 0.15) is 17.5 Å². The Hall–Kier alpha value is -4.04. The van der Waals surface area contributed by atoms with Crippen LogP contribution in [0, 0.1) is 0 Å². The number of carbonyl (C=O) groups excluding carboxylic acids is 1. The summed E-state index contributed by atoms with van der Waals surface area (Å²) in [5, 5.41) is 14.6. The van der Waals surface area contributed by atoms with E-state index in [1.54, 1.807) is 42.5 Å². The smallest absolute Gasteiger partial charge is 0.320 e. The fourth-order valence-electron chi connectivity index (χ4n) is 3.17. The number of carbonyl (C=O) groups is 1. The van der Waals surface area contributed by atoms with Gasteiger partial charge in [0.2, 0.25) is 11.8 Å². The van der Waals surface area contributed by atoms with Crippen LogP contribution in [0.15, 0.2) is 77.2 Å². The van der Waals surface area contributed by atoms with E-state index in [4.69, 9.17) is 25.5 Å². The fourth-order valence-corrected chi connectivity index (χ4v) is 3.30. The number of anilines is 1. The molecular formula is C24H21ClN4O4. The van der Waals surface area contributed by atoms with Crippen molar-refractivity contribution in [2.24, 2.45) is 0 Å². The molecule has 8 nitrogen and oxygen atoms in total. The Morgan fingerprint density at radius 3 is 2.24 bits per heavy atom. The highest BCUT2D eigenvalue weighted by molar-refractivity contribution is 6.30. The number of amides is 2. The van der Waals surface area contributed by atoms with Crippen LogP contribution in [0.2, 0.25) is 5.02 Å². The van der Waals surface area contributed by atoms with Crippen LogP contribution in [0.25, 0.3) is 11.5 Å². The molecule has 9 heteroatoms. The van der Waals surface area contributed by atoms with Crippen LogP contribution in [0.4, 0.5) is 10.5 Å². The van der Waals surface area contributed by atoms with Gasteiger partial charge in [0, 0.05) is 34.5 Å². The molecule has 1 atom stereocenters. The molecule has 0 spiro atoms. The topological polar surface area (TPSA) is 98.5 Å². The van der Waals surface area contributed by atoms with E-state index in [9.17, 15) is 4.79 Å². The quantitative estimate of drug-likeness (QED) is 0.384. The van der Waals surface area contributed by atoms with Crippen molar-refractivity contribution < 1.29 is 18.7 Å². The molecule has 0 fully saturated rings. The number of hydrogen-bond acceptors (Lipinski definition) is 6. The summed E-state index contributed by atoms with van der Waals surface area (Å²) in [5.74, 6) is 1.66. The van der Waals surface area contributed by atoms with Gasteiger partial charge in [-0.05, 0) is 29.8 Å². The minimum Gasteiger partial charge on any atom is -0.497 e. The maximum absolute atomic E-state index is 12.9. The standard InChI is InChI=1S/C24H21ClN4O4/c1-31-19-12-18(13-20(14-19)32-2)26-24(30)27-21(15-6-4-3-5-7-15)23-29-28-22(33-23)16-8-10-17(25)11-9-16/h3-14,21H,1-2H3,(H2,26,27,30). The average Bonchev–Trinajstić information content (AvgIpc) is 3.33. The Morgan fingerprint density at radius 1 is 0.939 bits per heavy atom. The van der Waals surface area contributed by atoms with E-state index in [1.807, 2.05) is 30.3 Å². The highest BCUT2D eigenvalue weighted by atomic mass is 35.5. The first-order valence-corrected chi connectivity index (χ1v) is 10.4. The predicted molar refractivity (Wildman–Crippen MR) is 125 cm³/mol. The Morgan fingerprint density at radius 2 is 1.61 bits per heavy atom. The fraction of sp³-hybridized carbons (Fsp3) is 0.125. The lowest BCUT2D eigenvalue weighted by molar-refractivity contribution is 0.248. The molecule has 168 valence electrons. The van der Waals surface area contributed by atoms with Gasteiger partial charge >= 0.3 is 6.03 Å². The summed E-state index contributed by atoms with van der Waals surface area (Å²) in [4.78, 5) is 12.9. The molecule has 1 heterocycles. The van der Waals surface area contributed by atoms with Gasteiger partial charge in [-0.2, -0.15) is 0 Å². The van der Waals surface area contributed by atoms with E-state index in [-0.39, 0.29) is 5.89 Å². The summed E-state index contributed by atoms with van der Waals surface area (Å²) in [6.07, 6.45) is 0. The maximum Gasteiger partial charge on any atom is 0.320 e. The number of ether oxygens (including phenoxy) is 2. The normalized spacial score (nSPS) is 11.5. The van der Waals surface area contributed by atoms with Gasteiger partial charge in [-0.15, -0.1) is 10.2 Å². The van der Waals surface area contributed by atoms with Crippen molar-refractivity contribution >= 4 is 23.3 Å². The maximum atomic E-state index is 12.9. The number of halogens is 1. The number of benzene rings is 3. The molecule has 33 heavy (non-hydrogen) atoms. The lowest BCUT2D eigenvalue weighted by Crippen LogP contribution is -2.33. The number of nitrogens with one attached hydrogen (secondary N) is 2. The molecule has 4 rings (SSSR count). The van der Waals surface area contributed by atoms with E-state index < -0.39 is 12.1 Å². The number of aromatic nitrogens is 2. The van der Waals surface area contributed by atoms with Crippen LogP contribution in [-0.2, 0) is 0 Å². The number of methoxy groups -OCH3 is 2. The third kappa shape index (κ3) is 5.42. The molecule has 0 saturated carbocycles. The van der Waals surface area contributed by atoms with Crippen molar-refractivity contribution in [1.29, 1.82) is 0 Å². The Labute approximate surface area is 195 Å². The van der Waals surface area contributed by atoms with Crippen molar-refractivity contribution in [1.82, 2.24) is 15.5 Å². The van der Waals surface area contributed by atoms with Gasteiger partial charge in [0.25, 0.3) is 0 Å². The number of hydrogen-bond donors (Lipinski definition) is 2. The van der Waals surface area contributed by atoms with Gasteiger partial charge in [0.15, 0.2) is 0 Å². The zero-order valence-electron chi connectivity index (χ0n) is 17.9. The SMILES string of the molecule is COc1cc(NC(=O)NC(c2ccccc2)c2nnc(-c3ccc(Cl)cc3)o2)cc(OC)c1. The third-order valence-corrected chi connectivity index (χ3v) is 5.05. The molecular weight excluding hydrogens is 444 g/mol. The Kier molecular flexibility index (Phi) is 6.75. The van der Waals surface area contributed by atoms with Gasteiger partial charge < -0.3 is 24.5 Å². The van der Waals surface area contributed by atoms with E-state index in [2.05, 4.69) is 20.8 Å². The van der Waals surface area contributed by atoms with E-state index in [1.165, 1.54) is 14.2 Å². The first-order valence-electron chi connectivity index (χ1n) is 10.0. The van der Waals surface area contributed by atoms with Gasteiger partial charge in [0.05, 0.1) is 14.2 Å². The molecule has 3 aromatic carbocycles. The summed E-state index contributed by atoms with van der Waals surface area (Å²) < 4.78 is 16.4. The zero-order chi connectivity index (χ0) is 23.2. The summed E-state index contributed by atoms with van der Waals surface area (Å²) in [6.45, 7) is 0. The molecule has 1 aromatic heterocycles. The minimum absolute atomic E-state index is 0.240. The second-order valence-corrected chi connectivity index (χ2v) is 7.43. The predicted octanol–water partition coefficient (Wildman–Crippen LogP) is 5.32. The zero-order valence-corrected chi connectivity index (χ0v) is 18.7. The van der Waals surface area contributed by atoms with Crippen molar-refractivity contribution in [3.05, 3.63) is 89.3 Å². The highest BCUT2D eigenvalue weighted by Gasteiger charge is 2.23. The monoisotopic (exact) mass is 464 g/mol. The average molecular weight is 465 g/mol. The first kappa shape index (κ1) is 22.2. The van der Waals surface area contributed by atoms with Gasteiger partial charge in [0.1, 0.15) is 17.5 Å². The van der Waals surface area contributed by atoms with Crippen LogP contribution in [0.5, 0.6) is 11.5 Å². The third-order valence-electron chi connectivity index (χ3n) is 4.80. The largest absolute Gasteiger partial charge is 0.497 e. The Bertz CT molecular complexity index is 1210. The molecule has 0 aliphatic heterocycles. The highest BCUT2D eigenvalue weighted by Crippen LogP contribution is 2.28. The Balaban J connectivity index is 1.59. The summed E-state index contributed by atoms with van der Waals surface area (Å²) in [7, 11) is 3.08. The molecule has 1 unspecified atom stereocenters. The molecule has 0 saturated heterocycles. The second kappa shape index (κ2) is 10.1. The lowest BCUT2D eigenvalue weighted by atomic mass is 10.1. The van der Waals surface area contributed by atoms with Crippen LogP contribution < -0.4 is 20.1 Å². The molecule has 2 N–H and O–H groups in total. The summed E-state index contributed by atoms with van der Waals surface area (Å²) in [5.41, 5.74) is 2.00.